The summed E-state index contributed by atoms with van der Waals surface area (Å²) < 4.78 is 43.7. The molecule has 5 nitrogen and oxygen atoms in total. The van der Waals surface area contributed by atoms with E-state index in [4.69, 9.17) is 11.6 Å². The Hall–Kier alpha value is -3.00. The highest BCUT2D eigenvalue weighted by Crippen LogP contribution is 2.30. The van der Waals surface area contributed by atoms with Crippen LogP contribution in [0.1, 0.15) is 35.8 Å². The molecule has 3 aromatic rings. The van der Waals surface area contributed by atoms with Gasteiger partial charge in [0.15, 0.2) is 0 Å². The van der Waals surface area contributed by atoms with Gasteiger partial charge in [0.2, 0.25) is 0 Å². The highest BCUT2D eigenvalue weighted by Gasteiger charge is 2.21. The molecule has 0 aliphatic rings. The Morgan fingerprint density at radius 2 is 1.86 bits per heavy atom. The van der Waals surface area contributed by atoms with E-state index in [9.17, 15) is 18.0 Å². The van der Waals surface area contributed by atoms with Gasteiger partial charge < -0.3 is 10.1 Å². The highest BCUT2D eigenvalue weighted by molar-refractivity contribution is 6.32. The van der Waals surface area contributed by atoms with Gasteiger partial charge in [0.05, 0.1) is 28.2 Å². The smallest absolute Gasteiger partial charge is 0.387 e. The predicted octanol–water partition coefficient (Wildman–Crippen LogP) is 5.64. The molecule has 1 aromatic heterocycles. The number of nitrogens with zero attached hydrogens (tertiary/aromatic N) is 2. The molecule has 1 heterocycles. The molecule has 0 aliphatic heterocycles. The molecule has 1 N–H and O–H groups in total. The van der Waals surface area contributed by atoms with Crippen LogP contribution in [0.3, 0.4) is 0 Å². The summed E-state index contributed by atoms with van der Waals surface area (Å²) in [5.41, 5.74) is 1.89. The lowest BCUT2D eigenvalue weighted by atomic mass is 10.0. The number of halogens is 4. The van der Waals surface area contributed by atoms with Crippen molar-refractivity contribution < 1.29 is 22.7 Å². The van der Waals surface area contributed by atoms with E-state index in [0.29, 0.717) is 22.6 Å². The van der Waals surface area contributed by atoms with Gasteiger partial charge in [0, 0.05) is 5.69 Å². The second-order valence-electron chi connectivity index (χ2n) is 6.46. The van der Waals surface area contributed by atoms with E-state index in [1.54, 1.807) is 16.8 Å². The van der Waals surface area contributed by atoms with Gasteiger partial charge in [0.25, 0.3) is 5.91 Å². The zero-order chi connectivity index (χ0) is 21.1. The third-order valence-electron chi connectivity index (χ3n) is 4.07. The van der Waals surface area contributed by atoms with Crippen LogP contribution in [0.5, 0.6) is 5.75 Å². The Morgan fingerprint density at radius 3 is 2.45 bits per heavy atom. The molecule has 0 unspecified atom stereocenters. The van der Waals surface area contributed by atoms with Crippen LogP contribution in [0.2, 0.25) is 5.02 Å². The molecule has 0 radical (unpaired) electrons. The molecule has 0 aliphatic carbocycles. The summed E-state index contributed by atoms with van der Waals surface area (Å²) >= 11 is 5.92. The van der Waals surface area contributed by atoms with Crippen molar-refractivity contribution in [2.75, 3.05) is 5.32 Å². The number of hydrogen-bond acceptors (Lipinski definition) is 3. The van der Waals surface area contributed by atoms with Crippen molar-refractivity contribution in [2.45, 2.75) is 26.4 Å². The molecule has 0 atom stereocenters. The quantitative estimate of drug-likeness (QED) is 0.558. The molecule has 3 rings (SSSR count). The first-order valence-corrected chi connectivity index (χ1v) is 9.03. The lowest BCUT2D eigenvalue weighted by molar-refractivity contribution is -0.0497. The summed E-state index contributed by atoms with van der Waals surface area (Å²) in [6.07, 6.45) is 1.42. The number of benzene rings is 2. The summed E-state index contributed by atoms with van der Waals surface area (Å²) in [6, 6.07) is 9.72. The third-order valence-corrected chi connectivity index (χ3v) is 4.37. The molecule has 152 valence electrons. The molecule has 0 saturated carbocycles. The summed E-state index contributed by atoms with van der Waals surface area (Å²) in [5.74, 6) is -1.07. The second-order valence-corrected chi connectivity index (χ2v) is 6.87. The van der Waals surface area contributed by atoms with Gasteiger partial charge >= 0.3 is 6.61 Å². The fourth-order valence-electron chi connectivity index (χ4n) is 2.85. The average Bonchev–Trinajstić information content (AvgIpc) is 3.10. The maximum Gasteiger partial charge on any atom is 0.387 e. The molecular formula is C20H17ClF3N3O2. The van der Waals surface area contributed by atoms with Crippen molar-refractivity contribution in [3.8, 4) is 11.4 Å². The minimum atomic E-state index is -3.00. The van der Waals surface area contributed by atoms with Crippen LogP contribution in [0.15, 0.2) is 48.7 Å². The van der Waals surface area contributed by atoms with Crippen molar-refractivity contribution in [1.29, 1.82) is 0 Å². The number of ether oxygens (including phenoxy) is 1. The summed E-state index contributed by atoms with van der Waals surface area (Å²) in [6.45, 7) is 0.807. The Morgan fingerprint density at radius 1 is 1.17 bits per heavy atom. The minimum absolute atomic E-state index is 0.0609. The van der Waals surface area contributed by atoms with E-state index in [-0.39, 0.29) is 22.5 Å². The van der Waals surface area contributed by atoms with Crippen molar-refractivity contribution in [3.63, 3.8) is 0 Å². The molecular weight excluding hydrogens is 407 g/mol. The molecule has 0 fully saturated rings. The maximum atomic E-state index is 13.2. The van der Waals surface area contributed by atoms with Crippen LogP contribution < -0.4 is 10.1 Å². The number of aromatic nitrogens is 2. The van der Waals surface area contributed by atoms with Crippen molar-refractivity contribution in [1.82, 2.24) is 9.78 Å². The molecule has 9 heteroatoms. The predicted molar refractivity (Wildman–Crippen MR) is 104 cm³/mol. The number of carbonyl (C=O) groups is 1. The average molecular weight is 424 g/mol. The van der Waals surface area contributed by atoms with Gasteiger partial charge in [-0.25, -0.2) is 9.07 Å². The van der Waals surface area contributed by atoms with Gasteiger partial charge in [-0.3, -0.25) is 4.79 Å². The molecule has 2 aromatic carbocycles. The number of anilines is 1. The molecule has 1 amide bonds. The SMILES string of the molecule is CC(C)c1c(C(=O)Nc2ccc(OC(F)F)c(Cl)c2)cnn1-c1ccc(F)cc1. The molecule has 0 bridgehead atoms. The van der Waals surface area contributed by atoms with E-state index in [2.05, 4.69) is 15.2 Å². The second kappa shape index (κ2) is 8.57. The number of hydrogen-bond donors (Lipinski definition) is 1. The van der Waals surface area contributed by atoms with Gasteiger partial charge in [-0.15, -0.1) is 0 Å². The Labute approximate surface area is 170 Å². The highest BCUT2D eigenvalue weighted by atomic mass is 35.5. The van der Waals surface area contributed by atoms with Crippen LogP contribution >= 0.6 is 11.6 Å². The monoisotopic (exact) mass is 423 g/mol. The van der Waals surface area contributed by atoms with Crippen LogP contribution in [-0.4, -0.2) is 22.3 Å². The first-order chi connectivity index (χ1) is 13.8. The topological polar surface area (TPSA) is 56.1 Å². The normalized spacial score (nSPS) is 11.2. The molecule has 0 saturated heterocycles. The van der Waals surface area contributed by atoms with Crippen LogP contribution in [0.25, 0.3) is 5.69 Å². The Balaban J connectivity index is 1.88. The van der Waals surface area contributed by atoms with Gasteiger partial charge in [0.1, 0.15) is 11.6 Å². The number of nitrogens with one attached hydrogen (secondary N) is 1. The third kappa shape index (κ3) is 4.71. The minimum Gasteiger partial charge on any atom is -0.433 e. The largest absolute Gasteiger partial charge is 0.433 e. The fraction of sp³-hybridized carbons (Fsp3) is 0.200. The number of rotatable bonds is 6. The van der Waals surface area contributed by atoms with Gasteiger partial charge in [-0.05, 0) is 48.4 Å². The maximum absolute atomic E-state index is 13.2. The Kier molecular flexibility index (Phi) is 6.12. The number of carbonyl (C=O) groups excluding carboxylic acids is 1. The number of alkyl halides is 2. The summed E-state index contributed by atoms with van der Waals surface area (Å²) in [7, 11) is 0. The first-order valence-electron chi connectivity index (χ1n) is 8.66. The van der Waals surface area contributed by atoms with Gasteiger partial charge in [-0.1, -0.05) is 25.4 Å². The van der Waals surface area contributed by atoms with Crippen molar-refractivity contribution in [2.24, 2.45) is 0 Å². The molecule has 0 spiro atoms. The van der Waals surface area contributed by atoms with Crippen LogP contribution in [0, 0.1) is 5.82 Å². The lowest BCUT2D eigenvalue weighted by Gasteiger charge is -2.13. The van der Waals surface area contributed by atoms with E-state index in [0.717, 1.165) is 0 Å². The van der Waals surface area contributed by atoms with Crippen molar-refractivity contribution in [3.05, 3.63) is 70.8 Å². The lowest BCUT2D eigenvalue weighted by Crippen LogP contribution is -2.15. The van der Waals surface area contributed by atoms with Gasteiger partial charge in [-0.2, -0.15) is 13.9 Å². The van der Waals surface area contributed by atoms with E-state index < -0.39 is 12.5 Å². The first kappa shape index (κ1) is 20.7. The van der Waals surface area contributed by atoms with Crippen molar-refractivity contribution >= 4 is 23.2 Å². The summed E-state index contributed by atoms with van der Waals surface area (Å²) in [5, 5.41) is 6.88. The zero-order valence-electron chi connectivity index (χ0n) is 15.5. The molecule has 29 heavy (non-hydrogen) atoms. The van der Waals surface area contributed by atoms with Crippen LogP contribution in [-0.2, 0) is 0 Å². The summed E-state index contributed by atoms with van der Waals surface area (Å²) in [4.78, 5) is 12.8. The standard InChI is InChI=1S/C20H17ClF3N3O2/c1-11(2)18-15(10-25-27(18)14-6-3-12(22)4-7-14)19(28)26-13-5-8-17(16(21)9-13)29-20(23)24/h3-11,20H,1-2H3,(H,26,28). The zero-order valence-corrected chi connectivity index (χ0v) is 16.3. The van der Waals surface area contributed by atoms with Crippen LogP contribution in [0.4, 0.5) is 18.9 Å². The fourth-order valence-corrected chi connectivity index (χ4v) is 3.07. The van der Waals surface area contributed by atoms with E-state index >= 15 is 0 Å². The number of amides is 1. The van der Waals surface area contributed by atoms with E-state index in [1.807, 2.05) is 13.8 Å². The van der Waals surface area contributed by atoms with E-state index in [1.165, 1.54) is 36.5 Å². The Bertz CT molecular complexity index is 1020.